The van der Waals surface area contributed by atoms with E-state index >= 15 is 0 Å². The maximum atomic E-state index is 11.8. The van der Waals surface area contributed by atoms with Gasteiger partial charge in [-0.15, -0.1) is 0 Å². The molecule has 2 rings (SSSR count). The van der Waals surface area contributed by atoms with Gasteiger partial charge in [0.05, 0.1) is 5.75 Å². The van der Waals surface area contributed by atoms with Gasteiger partial charge in [-0.3, -0.25) is 0 Å². The highest BCUT2D eigenvalue weighted by Gasteiger charge is 2.22. The summed E-state index contributed by atoms with van der Waals surface area (Å²) < 4.78 is 26.4. The van der Waals surface area contributed by atoms with Crippen molar-refractivity contribution >= 4 is 10.0 Å². The van der Waals surface area contributed by atoms with Crippen LogP contribution < -0.4 is 10.0 Å². The zero-order chi connectivity index (χ0) is 12.1. The predicted molar refractivity (Wildman–Crippen MR) is 69.4 cm³/mol. The van der Waals surface area contributed by atoms with Gasteiger partial charge < -0.3 is 5.32 Å². The molecule has 0 amide bonds. The van der Waals surface area contributed by atoms with Crippen LogP contribution in [0.25, 0.3) is 0 Å². The Morgan fingerprint density at radius 3 is 2.53 bits per heavy atom. The van der Waals surface area contributed by atoms with E-state index in [4.69, 9.17) is 0 Å². The average Bonchev–Trinajstić information content (AvgIpc) is 2.22. The van der Waals surface area contributed by atoms with E-state index in [9.17, 15) is 8.42 Å². The standard InChI is InChI=1S/C12H24N2O2S/c15-17(16,10-12-6-1-2-8-13-12)14-9-7-11-4-3-5-11/h11-14H,1-10H2. The zero-order valence-corrected chi connectivity index (χ0v) is 11.3. The first-order valence-electron chi connectivity index (χ1n) is 6.86. The summed E-state index contributed by atoms with van der Waals surface area (Å²) in [6.45, 7) is 1.59. The van der Waals surface area contributed by atoms with Crippen LogP contribution in [-0.2, 0) is 10.0 Å². The molecule has 0 spiro atoms. The van der Waals surface area contributed by atoms with Gasteiger partial charge in [0.1, 0.15) is 0 Å². The Morgan fingerprint density at radius 2 is 1.94 bits per heavy atom. The molecule has 0 aromatic carbocycles. The van der Waals surface area contributed by atoms with E-state index in [1.165, 1.54) is 25.7 Å². The van der Waals surface area contributed by atoms with Crippen LogP contribution in [0, 0.1) is 5.92 Å². The average molecular weight is 260 g/mol. The van der Waals surface area contributed by atoms with Crippen molar-refractivity contribution in [2.24, 2.45) is 5.92 Å². The number of hydrogen-bond donors (Lipinski definition) is 2. The zero-order valence-electron chi connectivity index (χ0n) is 10.5. The summed E-state index contributed by atoms with van der Waals surface area (Å²) in [6, 6.07) is 0.157. The van der Waals surface area contributed by atoms with Gasteiger partial charge in [0.25, 0.3) is 0 Å². The van der Waals surface area contributed by atoms with Crippen LogP contribution in [0.1, 0.15) is 44.9 Å². The van der Waals surface area contributed by atoms with Gasteiger partial charge in [0.15, 0.2) is 0 Å². The van der Waals surface area contributed by atoms with Crippen molar-refractivity contribution in [3.05, 3.63) is 0 Å². The molecular weight excluding hydrogens is 236 g/mol. The normalized spacial score (nSPS) is 26.7. The summed E-state index contributed by atoms with van der Waals surface area (Å²) in [5.41, 5.74) is 0. The highest BCUT2D eigenvalue weighted by molar-refractivity contribution is 7.89. The molecule has 2 fully saturated rings. The lowest BCUT2D eigenvalue weighted by atomic mass is 9.83. The maximum Gasteiger partial charge on any atom is 0.213 e. The van der Waals surface area contributed by atoms with Gasteiger partial charge >= 0.3 is 0 Å². The highest BCUT2D eigenvalue weighted by Crippen LogP contribution is 2.28. The van der Waals surface area contributed by atoms with Crippen LogP contribution in [-0.4, -0.2) is 33.3 Å². The molecule has 1 aliphatic heterocycles. The first-order valence-corrected chi connectivity index (χ1v) is 8.52. The van der Waals surface area contributed by atoms with Gasteiger partial charge in [-0.05, 0) is 31.7 Å². The van der Waals surface area contributed by atoms with Crippen molar-refractivity contribution in [1.82, 2.24) is 10.0 Å². The molecule has 1 heterocycles. The summed E-state index contributed by atoms with van der Waals surface area (Å²) in [6.07, 6.45) is 8.21. The topological polar surface area (TPSA) is 58.2 Å². The van der Waals surface area contributed by atoms with Crippen LogP contribution in [0.15, 0.2) is 0 Å². The Hall–Kier alpha value is -0.130. The number of hydrogen-bond acceptors (Lipinski definition) is 3. The molecule has 2 N–H and O–H groups in total. The Labute approximate surface area is 105 Å². The Morgan fingerprint density at radius 1 is 1.12 bits per heavy atom. The quantitative estimate of drug-likeness (QED) is 0.755. The first kappa shape index (κ1) is 13.3. The van der Waals surface area contributed by atoms with Crippen LogP contribution in [0.3, 0.4) is 0 Å². The van der Waals surface area contributed by atoms with Crippen molar-refractivity contribution < 1.29 is 8.42 Å². The minimum atomic E-state index is -3.07. The molecule has 0 aromatic rings. The number of nitrogens with one attached hydrogen (secondary N) is 2. The predicted octanol–water partition coefficient (Wildman–Crippen LogP) is 1.24. The summed E-state index contributed by atoms with van der Waals surface area (Å²) >= 11 is 0. The molecule has 4 nitrogen and oxygen atoms in total. The monoisotopic (exact) mass is 260 g/mol. The molecular formula is C12H24N2O2S. The molecule has 1 unspecified atom stereocenters. The van der Waals surface area contributed by atoms with Crippen molar-refractivity contribution in [2.75, 3.05) is 18.8 Å². The number of sulfonamides is 1. The maximum absolute atomic E-state index is 11.8. The lowest BCUT2D eigenvalue weighted by molar-refractivity contribution is 0.297. The van der Waals surface area contributed by atoms with Gasteiger partial charge in [-0.1, -0.05) is 25.7 Å². The van der Waals surface area contributed by atoms with E-state index in [0.29, 0.717) is 6.54 Å². The van der Waals surface area contributed by atoms with Crippen molar-refractivity contribution in [3.63, 3.8) is 0 Å². The minimum Gasteiger partial charge on any atom is -0.313 e. The molecule has 5 heteroatoms. The Bertz CT molecular complexity index is 319. The van der Waals surface area contributed by atoms with Gasteiger partial charge in [0.2, 0.25) is 10.0 Å². The molecule has 1 saturated carbocycles. The third kappa shape index (κ3) is 4.56. The van der Waals surface area contributed by atoms with Crippen molar-refractivity contribution in [2.45, 2.75) is 51.0 Å². The molecule has 2 aliphatic rings. The van der Waals surface area contributed by atoms with E-state index in [-0.39, 0.29) is 11.8 Å². The summed E-state index contributed by atoms with van der Waals surface area (Å²) in [5, 5.41) is 3.28. The fourth-order valence-electron chi connectivity index (χ4n) is 2.59. The van der Waals surface area contributed by atoms with Gasteiger partial charge in [-0.2, -0.15) is 0 Å². The Balaban J connectivity index is 1.65. The molecule has 1 aliphatic carbocycles. The summed E-state index contributed by atoms with van der Waals surface area (Å²) in [4.78, 5) is 0. The summed E-state index contributed by atoms with van der Waals surface area (Å²) in [7, 11) is -3.07. The molecule has 0 bridgehead atoms. The smallest absolute Gasteiger partial charge is 0.213 e. The Kier molecular flexibility index (Phi) is 4.82. The van der Waals surface area contributed by atoms with Crippen LogP contribution in [0.4, 0.5) is 0 Å². The highest BCUT2D eigenvalue weighted by atomic mass is 32.2. The number of rotatable bonds is 6. The third-order valence-electron chi connectivity index (χ3n) is 3.93. The second-order valence-corrected chi connectivity index (χ2v) is 7.26. The molecule has 1 atom stereocenters. The number of piperidine rings is 1. The van der Waals surface area contributed by atoms with E-state index < -0.39 is 10.0 Å². The van der Waals surface area contributed by atoms with Crippen LogP contribution in [0.5, 0.6) is 0 Å². The van der Waals surface area contributed by atoms with Crippen LogP contribution in [0.2, 0.25) is 0 Å². The van der Waals surface area contributed by atoms with Crippen molar-refractivity contribution in [1.29, 1.82) is 0 Å². The summed E-state index contributed by atoms with van der Waals surface area (Å²) in [5.74, 6) is 1.02. The third-order valence-corrected chi connectivity index (χ3v) is 5.42. The second-order valence-electron chi connectivity index (χ2n) is 5.41. The SMILES string of the molecule is O=S(=O)(CC1CCCCN1)NCCC1CCC1. The molecule has 1 saturated heterocycles. The molecule has 17 heavy (non-hydrogen) atoms. The lowest BCUT2D eigenvalue weighted by Crippen LogP contribution is -2.43. The van der Waals surface area contributed by atoms with E-state index in [1.54, 1.807) is 0 Å². The molecule has 100 valence electrons. The first-order chi connectivity index (χ1) is 8.16. The second kappa shape index (κ2) is 6.16. The fourth-order valence-corrected chi connectivity index (χ4v) is 3.95. The van der Waals surface area contributed by atoms with E-state index in [1.807, 2.05) is 0 Å². The van der Waals surface area contributed by atoms with Gasteiger partial charge in [-0.25, -0.2) is 13.1 Å². The van der Waals surface area contributed by atoms with Gasteiger partial charge in [0, 0.05) is 12.6 Å². The largest absolute Gasteiger partial charge is 0.313 e. The lowest BCUT2D eigenvalue weighted by Gasteiger charge is -2.26. The van der Waals surface area contributed by atoms with E-state index in [0.717, 1.165) is 31.7 Å². The fraction of sp³-hybridized carbons (Fsp3) is 1.00. The van der Waals surface area contributed by atoms with Crippen molar-refractivity contribution in [3.8, 4) is 0 Å². The molecule has 0 aromatic heterocycles. The molecule has 0 radical (unpaired) electrons. The van der Waals surface area contributed by atoms with Crippen LogP contribution >= 0.6 is 0 Å². The van der Waals surface area contributed by atoms with E-state index in [2.05, 4.69) is 10.0 Å². The minimum absolute atomic E-state index is 0.157.